The van der Waals surface area contributed by atoms with Gasteiger partial charge in [-0.15, -0.1) is 0 Å². The lowest BCUT2D eigenvalue weighted by Crippen LogP contribution is -2.56. The number of carbonyl (C=O) groups excluding carboxylic acids is 2. The Balaban J connectivity index is 1.98. The van der Waals surface area contributed by atoms with Crippen LogP contribution in [0.2, 0.25) is 0 Å². The standard InChI is InChI=1S/C31H48N2O8/c1-5-6-7-8-9-11-26(36)33(13-10-15-40-20(2)3)24-18-23(31(38)32-12-14-34)27-22-16-21(19-35)17-25(39-4)29(22)41-30(27)28(24)37/h16-18,20,24,27-28,30,34-35,37H,5-15,19H2,1-4H3,(H,32,38). The molecule has 2 amide bonds. The second-order valence-corrected chi connectivity index (χ2v) is 11.0. The molecule has 41 heavy (non-hydrogen) atoms. The Labute approximate surface area is 243 Å². The Kier molecular flexibility index (Phi) is 12.9. The smallest absolute Gasteiger partial charge is 0.247 e. The van der Waals surface area contributed by atoms with E-state index in [1.54, 1.807) is 23.1 Å². The lowest BCUT2D eigenvalue weighted by Gasteiger charge is -2.41. The Hall–Kier alpha value is -2.66. The Morgan fingerprint density at radius 1 is 1.12 bits per heavy atom. The molecule has 1 aromatic rings. The van der Waals surface area contributed by atoms with Gasteiger partial charge >= 0.3 is 0 Å². The van der Waals surface area contributed by atoms with Crippen molar-refractivity contribution in [2.45, 2.75) is 103 Å². The summed E-state index contributed by atoms with van der Waals surface area (Å²) in [5, 5.41) is 33.6. The number of methoxy groups -OCH3 is 1. The van der Waals surface area contributed by atoms with Gasteiger partial charge in [-0.1, -0.05) is 32.6 Å². The van der Waals surface area contributed by atoms with Crippen LogP contribution in [0.1, 0.15) is 82.8 Å². The normalized spacial score (nSPS) is 21.1. The maximum Gasteiger partial charge on any atom is 0.247 e. The van der Waals surface area contributed by atoms with E-state index >= 15 is 0 Å². The van der Waals surface area contributed by atoms with Gasteiger partial charge in [0.1, 0.15) is 12.2 Å². The average molecular weight is 577 g/mol. The first-order valence-corrected chi connectivity index (χ1v) is 15.0. The van der Waals surface area contributed by atoms with E-state index in [0.717, 1.165) is 32.1 Å². The first-order valence-electron chi connectivity index (χ1n) is 15.0. The van der Waals surface area contributed by atoms with E-state index in [2.05, 4.69) is 12.2 Å². The fourth-order valence-electron chi connectivity index (χ4n) is 5.64. The van der Waals surface area contributed by atoms with Crippen LogP contribution >= 0.6 is 0 Å². The van der Waals surface area contributed by atoms with Crippen molar-refractivity contribution in [3.63, 3.8) is 0 Å². The molecule has 1 aliphatic carbocycles. The number of nitrogens with zero attached hydrogens (tertiary/aromatic N) is 1. The molecule has 0 aromatic heterocycles. The van der Waals surface area contributed by atoms with Crippen LogP contribution in [0.4, 0.5) is 0 Å². The van der Waals surface area contributed by atoms with Crippen molar-refractivity contribution >= 4 is 11.8 Å². The number of hydrogen-bond donors (Lipinski definition) is 4. The van der Waals surface area contributed by atoms with Crippen molar-refractivity contribution in [1.82, 2.24) is 10.2 Å². The summed E-state index contributed by atoms with van der Waals surface area (Å²) in [7, 11) is 1.49. The number of rotatable bonds is 17. The van der Waals surface area contributed by atoms with Crippen LogP contribution in [0.5, 0.6) is 11.5 Å². The maximum absolute atomic E-state index is 13.6. The lowest BCUT2D eigenvalue weighted by atomic mass is 9.77. The molecule has 3 rings (SSSR count). The minimum Gasteiger partial charge on any atom is -0.493 e. The summed E-state index contributed by atoms with van der Waals surface area (Å²) in [6.45, 7) is 6.46. The Morgan fingerprint density at radius 2 is 1.88 bits per heavy atom. The van der Waals surface area contributed by atoms with E-state index in [1.165, 1.54) is 7.11 Å². The third-order valence-electron chi connectivity index (χ3n) is 7.66. The van der Waals surface area contributed by atoms with Crippen molar-refractivity contribution in [3.8, 4) is 11.5 Å². The number of hydrogen-bond acceptors (Lipinski definition) is 8. The van der Waals surface area contributed by atoms with Crippen LogP contribution in [-0.2, 0) is 20.9 Å². The van der Waals surface area contributed by atoms with Crippen LogP contribution in [0.25, 0.3) is 0 Å². The predicted molar refractivity (Wildman–Crippen MR) is 155 cm³/mol. The number of nitrogens with one attached hydrogen (secondary N) is 1. The van der Waals surface area contributed by atoms with Gasteiger partial charge in [0, 0.05) is 37.3 Å². The molecule has 4 N–H and O–H groups in total. The highest BCUT2D eigenvalue weighted by Crippen LogP contribution is 2.51. The van der Waals surface area contributed by atoms with Crippen LogP contribution in [0.15, 0.2) is 23.8 Å². The van der Waals surface area contributed by atoms with Gasteiger partial charge in [0.15, 0.2) is 11.5 Å². The monoisotopic (exact) mass is 576 g/mol. The number of aliphatic hydroxyl groups excluding tert-OH is 3. The van der Waals surface area contributed by atoms with Gasteiger partial charge < -0.3 is 39.7 Å². The summed E-state index contributed by atoms with van der Waals surface area (Å²) in [6, 6.07) is 2.62. The van der Waals surface area contributed by atoms with Gasteiger partial charge in [0.05, 0.1) is 38.4 Å². The Morgan fingerprint density at radius 3 is 2.54 bits per heavy atom. The van der Waals surface area contributed by atoms with Gasteiger partial charge in [-0.3, -0.25) is 9.59 Å². The number of benzene rings is 1. The van der Waals surface area contributed by atoms with E-state index in [-0.39, 0.29) is 31.8 Å². The maximum atomic E-state index is 13.6. The first-order chi connectivity index (χ1) is 19.8. The summed E-state index contributed by atoms with van der Waals surface area (Å²) in [5.41, 5.74) is 1.55. The molecule has 0 radical (unpaired) electrons. The van der Waals surface area contributed by atoms with Crippen LogP contribution in [-0.4, -0.2) is 89.8 Å². The molecule has 10 nitrogen and oxygen atoms in total. The molecule has 0 saturated heterocycles. The molecule has 0 spiro atoms. The summed E-state index contributed by atoms with van der Waals surface area (Å²) in [6.07, 6.45) is 5.70. The third-order valence-corrected chi connectivity index (χ3v) is 7.66. The number of unbranched alkanes of at least 4 members (excludes halogenated alkanes) is 4. The van der Waals surface area contributed by atoms with Crippen LogP contribution in [0.3, 0.4) is 0 Å². The van der Waals surface area contributed by atoms with E-state index < -0.39 is 30.1 Å². The average Bonchev–Trinajstić information content (AvgIpc) is 3.35. The molecular formula is C31H48N2O8. The van der Waals surface area contributed by atoms with Gasteiger partial charge in [-0.25, -0.2) is 0 Å². The summed E-state index contributed by atoms with van der Waals surface area (Å²) >= 11 is 0. The van der Waals surface area contributed by atoms with E-state index in [0.29, 0.717) is 54.2 Å². The molecule has 4 atom stereocenters. The van der Waals surface area contributed by atoms with Crippen LogP contribution < -0.4 is 14.8 Å². The van der Waals surface area contributed by atoms with Crippen LogP contribution in [0, 0.1) is 0 Å². The molecule has 4 unspecified atom stereocenters. The molecule has 0 fully saturated rings. The highest BCUT2D eigenvalue weighted by molar-refractivity contribution is 5.96. The zero-order chi connectivity index (χ0) is 29.9. The molecule has 0 saturated carbocycles. The van der Waals surface area contributed by atoms with Gasteiger partial charge in [-0.05, 0) is 50.5 Å². The van der Waals surface area contributed by atoms with E-state index in [4.69, 9.17) is 14.2 Å². The van der Waals surface area contributed by atoms with Crippen molar-refractivity contribution in [2.24, 2.45) is 0 Å². The van der Waals surface area contributed by atoms with Crippen molar-refractivity contribution in [3.05, 3.63) is 34.9 Å². The van der Waals surface area contributed by atoms with Gasteiger partial charge in [0.2, 0.25) is 11.8 Å². The fourth-order valence-corrected chi connectivity index (χ4v) is 5.64. The first kappa shape index (κ1) is 32.8. The Bertz CT molecular complexity index is 1040. The molecule has 1 heterocycles. The molecule has 1 aromatic carbocycles. The molecule has 0 bridgehead atoms. The highest BCUT2D eigenvalue weighted by Gasteiger charge is 2.51. The molecule has 1 aliphatic heterocycles. The predicted octanol–water partition coefficient (Wildman–Crippen LogP) is 2.81. The molecule has 2 aliphatic rings. The van der Waals surface area contributed by atoms with E-state index in [1.807, 2.05) is 13.8 Å². The van der Waals surface area contributed by atoms with Gasteiger partial charge in [0.25, 0.3) is 0 Å². The number of aliphatic hydroxyl groups is 3. The number of fused-ring (bicyclic) bond motifs is 3. The summed E-state index contributed by atoms with van der Waals surface area (Å²) in [5.74, 6) is -0.350. The fraction of sp³-hybridized carbons (Fsp3) is 0.677. The molecular weight excluding hydrogens is 528 g/mol. The number of ether oxygens (including phenoxy) is 3. The highest BCUT2D eigenvalue weighted by atomic mass is 16.5. The second-order valence-electron chi connectivity index (χ2n) is 11.0. The lowest BCUT2D eigenvalue weighted by molar-refractivity contribution is -0.137. The van der Waals surface area contributed by atoms with Crippen molar-refractivity contribution in [1.29, 1.82) is 0 Å². The SMILES string of the molecule is CCCCCCCC(=O)N(CCCOC(C)C)C1C=C(C(=O)NCCO)C2c3cc(CO)cc(OC)c3OC2C1O. The third kappa shape index (κ3) is 8.22. The van der Waals surface area contributed by atoms with Gasteiger partial charge in [-0.2, -0.15) is 0 Å². The number of carbonyl (C=O) groups is 2. The zero-order valence-electron chi connectivity index (χ0n) is 24.9. The van der Waals surface area contributed by atoms with Crippen molar-refractivity contribution < 1.29 is 39.1 Å². The molecule has 230 valence electrons. The minimum atomic E-state index is -1.13. The summed E-state index contributed by atoms with van der Waals surface area (Å²) in [4.78, 5) is 28.7. The minimum absolute atomic E-state index is 0.0570. The quantitative estimate of drug-likeness (QED) is 0.208. The summed E-state index contributed by atoms with van der Waals surface area (Å²) < 4.78 is 17.5. The topological polar surface area (TPSA) is 138 Å². The molecule has 10 heteroatoms. The largest absolute Gasteiger partial charge is 0.493 e. The van der Waals surface area contributed by atoms with E-state index in [9.17, 15) is 24.9 Å². The number of amides is 2. The van der Waals surface area contributed by atoms with Crippen molar-refractivity contribution in [2.75, 3.05) is 33.4 Å². The second kappa shape index (κ2) is 16.1. The zero-order valence-corrected chi connectivity index (χ0v) is 24.9.